The molecule has 10 heteroatoms. The van der Waals surface area contributed by atoms with Gasteiger partial charge in [-0.2, -0.15) is 0 Å². The summed E-state index contributed by atoms with van der Waals surface area (Å²) in [6.45, 7) is 7.32. The smallest absolute Gasteiger partial charge is 0.155 e. The molecule has 0 fully saturated rings. The van der Waals surface area contributed by atoms with E-state index in [1.807, 2.05) is 13.8 Å². The van der Waals surface area contributed by atoms with Crippen molar-refractivity contribution >= 4 is 31.2 Å². The third kappa shape index (κ3) is 14.3. The van der Waals surface area contributed by atoms with Crippen LogP contribution in [0.5, 0.6) is 0 Å². The van der Waals surface area contributed by atoms with Crippen LogP contribution in [0.25, 0.3) is 0 Å². The number of rotatable bonds is 21. The lowest BCUT2D eigenvalue weighted by Crippen LogP contribution is -2.27. The van der Waals surface area contributed by atoms with E-state index in [9.17, 15) is 26.4 Å². The average Bonchev–Trinajstić information content (AvgIpc) is 2.72. The van der Waals surface area contributed by atoms with E-state index in [1.54, 1.807) is 13.8 Å². The van der Waals surface area contributed by atoms with E-state index in [4.69, 9.17) is 9.47 Å². The average molecular weight is 499 g/mol. The van der Waals surface area contributed by atoms with Crippen LogP contribution >= 0.6 is 0 Å². The Morgan fingerprint density at radius 2 is 1.00 bits per heavy atom. The van der Waals surface area contributed by atoms with Crippen LogP contribution in [0, 0.1) is 0 Å². The molecule has 2 atom stereocenters. The van der Waals surface area contributed by atoms with Gasteiger partial charge in [0, 0.05) is 25.7 Å². The van der Waals surface area contributed by atoms with Gasteiger partial charge in [0.05, 0.1) is 48.4 Å². The molecule has 0 saturated carbocycles. The summed E-state index contributed by atoms with van der Waals surface area (Å²) in [5.74, 6) is -0.418. The SMILES string of the molecule is CCCCC(=O)CC(C)S(=O)(=O)CCOCCOCCS(=O)(=O)C(C)CC(=O)CCCC. The molecular formula is C22H42O8S2. The quantitative estimate of drug-likeness (QED) is 0.221. The molecule has 0 aromatic carbocycles. The van der Waals surface area contributed by atoms with Gasteiger partial charge in [-0.25, -0.2) is 16.8 Å². The lowest BCUT2D eigenvalue weighted by atomic mass is 10.1. The monoisotopic (exact) mass is 498 g/mol. The Morgan fingerprint density at radius 3 is 1.31 bits per heavy atom. The second-order valence-electron chi connectivity index (χ2n) is 8.27. The van der Waals surface area contributed by atoms with Gasteiger partial charge in [0.1, 0.15) is 11.6 Å². The molecule has 0 saturated heterocycles. The maximum atomic E-state index is 12.2. The number of sulfone groups is 2. The third-order valence-corrected chi connectivity index (χ3v) is 9.53. The standard InChI is InChI=1S/C22H42O8S2/c1-5-7-9-21(23)17-19(3)31(25,26)15-13-29-11-12-30-14-16-32(27,28)20(4)18-22(24)10-8-6-2/h19-20H,5-18H2,1-4H3. The molecule has 0 radical (unpaired) electrons. The maximum Gasteiger partial charge on any atom is 0.155 e. The zero-order chi connectivity index (χ0) is 24.6. The second-order valence-corrected chi connectivity index (χ2v) is 13.4. The Bertz CT molecular complexity index is 680. The van der Waals surface area contributed by atoms with Crippen LogP contribution in [-0.2, 0) is 38.7 Å². The molecule has 0 aromatic heterocycles. The zero-order valence-corrected chi connectivity index (χ0v) is 21.8. The molecule has 0 spiro atoms. The highest BCUT2D eigenvalue weighted by molar-refractivity contribution is 7.92. The maximum absolute atomic E-state index is 12.2. The van der Waals surface area contributed by atoms with Gasteiger partial charge in [0.25, 0.3) is 0 Å². The summed E-state index contributed by atoms with van der Waals surface area (Å²) in [6, 6.07) is 0. The molecule has 8 nitrogen and oxygen atoms in total. The topological polar surface area (TPSA) is 121 Å². The fourth-order valence-corrected chi connectivity index (χ4v) is 5.31. The summed E-state index contributed by atoms with van der Waals surface area (Å²) in [5, 5.41) is -1.46. The Labute approximate surface area is 194 Å². The minimum atomic E-state index is -3.42. The predicted molar refractivity (Wildman–Crippen MR) is 126 cm³/mol. The fourth-order valence-electron chi connectivity index (χ4n) is 2.92. The van der Waals surface area contributed by atoms with Crippen LogP contribution < -0.4 is 0 Å². The molecule has 0 rings (SSSR count). The summed E-state index contributed by atoms with van der Waals surface area (Å²) in [5.41, 5.74) is 0. The molecule has 32 heavy (non-hydrogen) atoms. The van der Waals surface area contributed by atoms with E-state index >= 15 is 0 Å². The van der Waals surface area contributed by atoms with Crippen molar-refractivity contribution in [1.29, 1.82) is 0 Å². The van der Waals surface area contributed by atoms with Crippen molar-refractivity contribution in [3.05, 3.63) is 0 Å². The third-order valence-electron chi connectivity index (χ3n) is 5.27. The molecule has 0 heterocycles. The highest BCUT2D eigenvalue weighted by Crippen LogP contribution is 2.11. The predicted octanol–water partition coefficient (Wildman–Crippen LogP) is 2.93. The number of carbonyl (C=O) groups excluding carboxylic acids is 2. The van der Waals surface area contributed by atoms with Crippen LogP contribution in [0.3, 0.4) is 0 Å². The first-order valence-electron chi connectivity index (χ1n) is 11.6. The van der Waals surface area contributed by atoms with Gasteiger partial charge in [-0.05, 0) is 26.7 Å². The molecule has 0 amide bonds. The number of ether oxygens (including phenoxy) is 2. The van der Waals surface area contributed by atoms with E-state index in [2.05, 4.69) is 0 Å². The highest BCUT2D eigenvalue weighted by Gasteiger charge is 2.24. The molecular weight excluding hydrogens is 456 g/mol. The molecule has 190 valence electrons. The van der Waals surface area contributed by atoms with Crippen molar-refractivity contribution in [2.24, 2.45) is 0 Å². The summed E-state index contributed by atoms with van der Waals surface area (Å²) >= 11 is 0. The molecule has 0 N–H and O–H groups in total. The Hall–Kier alpha value is -0.840. The van der Waals surface area contributed by atoms with Crippen molar-refractivity contribution in [2.75, 3.05) is 37.9 Å². The van der Waals surface area contributed by atoms with Crippen molar-refractivity contribution in [3.63, 3.8) is 0 Å². The van der Waals surface area contributed by atoms with Crippen molar-refractivity contribution < 1.29 is 35.9 Å². The number of Topliss-reactive ketones (excluding diaryl/α,β-unsaturated/α-hetero) is 2. The van der Waals surface area contributed by atoms with Gasteiger partial charge >= 0.3 is 0 Å². The summed E-state index contributed by atoms with van der Waals surface area (Å²) in [7, 11) is -6.83. The van der Waals surface area contributed by atoms with Gasteiger partial charge in [-0.15, -0.1) is 0 Å². The van der Waals surface area contributed by atoms with E-state index in [0.717, 1.165) is 25.7 Å². The molecule has 2 unspecified atom stereocenters. The summed E-state index contributed by atoms with van der Waals surface area (Å²) in [4.78, 5) is 23.5. The van der Waals surface area contributed by atoms with Crippen LogP contribution in [0.15, 0.2) is 0 Å². The molecule has 0 aromatic rings. The van der Waals surface area contributed by atoms with Crippen LogP contribution in [-0.4, -0.2) is 76.8 Å². The van der Waals surface area contributed by atoms with Crippen LogP contribution in [0.4, 0.5) is 0 Å². The summed E-state index contributed by atoms with van der Waals surface area (Å²) < 4.78 is 59.5. The van der Waals surface area contributed by atoms with Crippen LogP contribution in [0.2, 0.25) is 0 Å². The normalized spacial score (nSPS) is 14.2. The first-order chi connectivity index (χ1) is 15.0. The number of carbonyl (C=O) groups is 2. The lowest BCUT2D eigenvalue weighted by Gasteiger charge is -2.13. The number of hydrogen-bond acceptors (Lipinski definition) is 8. The Balaban J connectivity index is 4.03. The van der Waals surface area contributed by atoms with E-state index in [1.165, 1.54) is 0 Å². The van der Waals surface area contributed by atoms with Gasteiger partial charge in [-0.3, -0.25) is 9.59 Å². The lowest BCUT2D eigenvalue weighted by molar-refractivity contribution is -0.119. The zero-order valence-electron chi connectivity index (χ0n) is 20.1. The van der Waals surface area contributed by atoms with Gasteiger partial charge in [0.2, 0.25) is 0 Å². The Morgan fingerprint density at radius 1 is 0.656 bits per heavy atom. The minimum absolute atomic E-state index is 0.00557. The molecule has 0 bridgehead atoms. The second kappa shape index (κ2) is 16.7. The number of hydrogen-bond donors (Lipinski definition) is 0. The molecule has 0 aliphatic rings. The fraction of sp³-hybridized carbons (Fsp3) is 0.909. The number of ketones is 2. The van der Waals surface area contributed by atoms with E-state index in [-0.39, 0.29) is 62.3 Å². The van der Waals surface area contributed by atoms with Gasteiger partial charge < -0.3 is 9.47 Å². The summed E-state index contributed by atoms with van der Waals surface area (Å²) in [6.07, 6.45) is 4.21. The first-order valence-corrected chi connectivity index (χ1v) is 15.0. The minimum Gasteiger partial charge on any atom is -0.378 e. The molecule has 0 aliphatic carbocycles. The van der Waals surface area contributed by atoms with Crippen molar-refractivity contribution in [1.82, 2.24) is 0 Å². The molecule has 0 aliphatic heterocycles. The van der Waals surface area contributed by atoms with Crippen molar-refractivity contribution in [2.45, 2.75) is 89.6 Å². The van der Waals surface area contributed by atoms with E-state index in [0.29, 0.717) is 12.8 Å². The highest BCUT2D eigenvalue weighted by atomic mass is 32.2. The number of unbranched alkanes of at least 4 members (excludes halogenated alkanes) is 2. The van der Waals surface area contributed by atoms with Crippen molar-refractivity contribution in [3.8, 4) is 0 Å². The van der Waals surface area contributed by atoms with Crippen LogP contribution in [0.1, 0.15) is 79.1 Å². The Kier molecular flexibility index (Phi) is 16.3. The van der Waals surface area contributed by atoms with Gasteiger partial charge in [0.15, 0.2) is 19.7 Å². The largest absolute Gasteiger partial charge is 0.378 e. The van der Waals surface area contributed by atoms with Gasteiger partial charge in [-0.1, -0.05) is 26.7 Å². The first kappa shape index (κ1) is 31.2. The van der Waals surface area contributed by atoms with E-state index < -0.39 is 30.2 Å².